The number of nitrogens with one attached hydrogen (secondary N) is 1. The number of benzene rings is 2. The topological polar surface area (TPSA) is 55.1 Å². The Labute approximate surface area is 110 Å². The number of carbonyl (C=O) groups is 1. The molecular formula is C14H14N2OS. The van der Waals surface area contributed by atoms with Gasteiger partial charge in [0.2, 0.25) is 5.91 Å². The molecular weight excluding hydrogens is 244 g/mol. The molecule has 0 heterocycles. The minimum atomic E-state index is -0.0796. The molecule has 18 heavy (non-hydrogen) atoms. The summed E-state index contributed by atoms with van der Waals surface area (Å²) in [5.74, 6) is -0.0796. The molecule has 0 aliphatic carbocycles. The predicted molar refractivity (Wildman–Crippen MR) is 75.7 cm³/mol. The molecule has 0 spiro atoms. The number of hydrogen-bond acceptors (Lipinski definition) is 3. The lowest BCUT2D eigenvalue weighted by atomic mass is 10.3. The van der Waals surface area contributed by atoms with Gasteiger partial charge in [-0.3, -0.25) is 4.79 Å². The van der Waals surface area contributed by atoms with Crippen LogP contribution in [-0.4, -0.2) is 5.91 Å². The second-order valence-corrected chi connectivity index (χ2v) is 4.90. The monoisotopic (exact) mass is 258 g/mol. The molecule has 0 aromatic heterocycles. The van der Waals surface area contributed by atoms with Crippen molar-refractivity contribution in [2.45, 2.75) is 16.7 Å². The summed E-state index contributed by atoms with van der Waals surface area (Å²) in [6.45, 7) is 1.50. The number of hydrogen-bond donors (Lipinski definition) is 2. The predicted octanol–water partition coefficient (Wildman–Crippen LogP) is 3.38. The van der Waals surface area contributed by atoms with Crippen molar-refractivity contribution in [3.8, 4) is 0 Å². The molecule has 1 amide bonds. The number of nitrogens with two attached hydrogens (primary N) is 1. The maximum absolute atomic E-state index is 11.1. The van der Waals surface area contributed by atoms with Crippen molar-refractivity contribution < 1.29 is 4.79 Å². The average molecular weight is 258 g/mol. The molecule has 0 saturated heterocycles. The first-order valence-electron chi connectivity index (χ1n) is 5.56. The van der Waals surface area contributed by atoms with Crippen LogP contribution in [0.1, 0.15) is 6.92 Å². The van der Waals surface area contributed by atoms with Gasteiger partial charge in [-0.1, -0.05) is 36.0 Å². The number of amides is 1. The van der Waals surface area contributed by atoms with E-state index in [1.165, 1.54) is 6.92 Å². The maximum atomic E-state index is 11.1. The Morgan fingerprint density at radius 2 is 1.67 bits per heavy atom. The quantitative estimate of drug-likeness (QED) is 0.830. The first-order valence-corrected chi connectivity index (χ1v) is 6.37. The zero-order valence-corrected chi connectivity index (χ0v) is 10.8. The summed E-state index contributed by atoms with van der Waals surface area (Å²) in [5.41, 5.74) is 7.45. The summed E-state index contributed by atoms with van der Waals surface area (Å²) in [6, 6.07) is 15.3. The summed E-state index contributed by atoms with van der Waals surface area (Å²) in [5, 5.41) is 2.81. The minimum absolute atomic E-state index is 0.0796. The summed E-state index contributed by atoms with van der Waals surface area (Å²) >= 11 is 1.54. The Hall–Kier alpha value is -1.94. The molecule has 0 bridgehead atoms. The van der Waals surface area contributed by atoms with Crippen LogP contribution >= 0.6 is 11.8 Å². The normalized spacial score (nSPS) is 10.1. The van der Waals surface area contributed by atoms with E-state index in [2.05, 4.69) is 5.32 Å². The van der Waals surface area contributed by atoms with Gasteiger partial charge in [-0.15, -0.1) is 0 Å². The third-order valence-corrected chi connectivity index (χ3v) is 3.50. The number of nitrogen functional groups attached to an aromatic ring is 1. The van der Waals surface area contributed by atoms with E-state index in [1.54, 1.807) is 11.8 Å². The highest BCUT2D eigenvalue weighted by Crippen LogP contribution is 2.36. The molecule has 3 nitrogen and oxygen atoms in total. The van der Waals surface area contributed by atoms with Crippen molar-refractivity contribution in [2.75, 3.05) is 11.1 Å². The molecule has 0 aliphatic heterocycles. The van der Waals surface area contributed by atoms with E-state index >= 15 is 0 Å². The van der Waals surface area contributed by atoms with Crippen LogP contribution in [0.5, 0.6) is 0 Å². The smallest absolute Gasteiger partial charge is 0.221 e. The summed E-state index contributed by atoms with van der Waals surface area (Å²) < 4.78 is 0. The Balaban J connectivity index is 2.29. The minimum Gasteiger partial charge on any atom is -0.398 e. The number of carbonyl (C=O) groups excluding carboxylic acids is 1. The zero-order chi connectivity index (χ0) is 13.0. The molecule has 0 radical (unpaired) electrons. The first-order chi connectivity index (χ1) is 8.66. The molecule has 92 valence electrons. The fourth-order valence-corrected chi connectivity index (χ4v) is 2.49. The van der Waals surface area contributed by atoms with E-state index in [0.29, 0.717) is 0 Å². The molecule has 2 aromatic carbocycles. The second-order valence-electron chi connectivity index (χ2n) is 3.82. The number of anilines is 2. The Morgan fingerprint density at radius 1 is 1.06 bits per heavy atom. The van der Waals surface area contributed by atoms with Gasteiger partial charge in [0.25, 0.3) is 0 Å². The van der Waals surface area contributed by atoms with Crippen LogP contribution in [0.2, 0.25) is 0 Å². The maximum Gasteiger partial charge on any atom is 0.221 e. The lowest BCUT2D eigenvalue weighted by Crippen LogP contribution is -2.06. The van der Waals surface area contributed by atoms with Crippen LogP contribution in [0.15, 0.2) is 58.3 Å². The molecule has 0 fully saturated rings. The lowest BCUT2D eigenvalue weighted by molar-refractivity contribution is -0.114. The molecule has 2 rings (SSSR count). The highest BCUT2D eigenvalue weighted by Gasteiger charge is 2.06. The van der Waals surface area contributed by atoms with E-state index in [-0.39, 0.29) is 5.91 Å². The summed E-state index contributed by atoms with van der Waals surface area (Å²) in [7, 11) is 0. The van der Waals surface area contributed by atoms with E-state index in [0.717, 1.165) is 21.2 Å². The van der Waals surface area contributed by atoms with Gasteiger partial charge < -0.3 is 11.1 Å². The van der Waals surface area contributed by atoms with Crippen molar-refractivity contribution in [1.29, 1.82) is 0 Å². The molecule has 0 unspecified atom stereocenters. The van der Waals surface area contributed by atoms with Crippen LogP contribution in [0.25, 0.3) is 0 Å². The number of rotatable bonds is 3. The van der Waals surface area contributed by atoms with Gasteiger partial charge >= 0.3 is 0 Å². The SMILES string of the molecule is CC(=O)Nc1ccccc1Sc1ccccc1N. The van der Waals surface area contributed by atoms with Crippen molar-refractivity contribution in [2.24, 2.45) is 0 Å². The third kappa shape index (κ3) is 3.05. The van der Waals surface area contributed by atoms with E-state index in [9.17, 15) is 4.79 Å². The second kappa shape index (κ2) is 5.60. The van der Waals surface area contributed by atoms with E-state index in [1.807, 2.05) is 48.5 Å². The molecule has 0 aliphatic rings. The van der Waals surface area contributed by atoms with Gasteiger partial charge in [0, 0.05) is 22.4 Å². The van der Waals surface area contributed by atoms with Crippen LogP contribution in [0.4, 0.5) is 11.4 Å². The average Bonchev–Trinajstić information content (AvgIpc) is 2.34. The van der Waals surface area contributed by atoms with Gasteiger partial charge in [-0.05, 0) is 24.3 Å². The zero-order valence-electron chi connectivity index (χ0n) is 10.0. The molecule has 3 N–H and O–H groups in total. The van der Waals surface area contributed by atoms with Crippen molar-refractivity contribution >= 4 is 29.0 Å². The molecule has 0 atom stereocenters. The highest BCUT2D eigenvalue weighted by molar-refractivity contribution is 7.99. The van der Waals surface area contributed by atoms with Gasteiger partial charge in [0.05, 0.1) is 5.69 Å². The largest absolute Gasteiger partial charge is 0.398 e. The van der Waals surface area contributed by atoms with Crippen LogP contribution in [0.3, 0.4) is 0 Å². The van der Waals surface area contributed by atoms with Crippen molar-refractivity contribution in [3.05, 3.63) is 48.5 Å². The first kappa shape index (κ1) is 12.5. The summed E-state index contributed by atoms with van der Waals surface area (Å²) in [4.78, 5) is 13.1. The molecule has 4 heteroatoms. The Kier molecular flexibility index (Phi) is 3.89. The summed E-state index contributed by atoms with van der Waals surface area (Å²) in [6.07, 6.45) is 0. The van der Waals surface area contributed by atoms with Gasteiger partial charge in [-0.25, -0.2) is 0 Å². The lowest BCUT2D eigenvalue weighted by Gasteiger charge is -2.10. The van der Waals surface area contributed by atoms with E-state index in [4.69, 9.17) is 5.73 Å². The van der Waals surface area contributed by atoms with E-state index < -0.39 is 0 Å². The fourth-order valence-electron chi connectivity index (χ4n) is 1.54. The third-order valence-electron chi connectivity index (χ3n) is 2.34. The molecule has 2 aromatic rings. The number of para-hydroxylation sites is 2. The van der Waals surface area contributed by atoms with Gasteiger partial charge in [0.1, 0.15) is 0 Å². The standard InChI is InChI=1S/C14H14N2OS/c1-10(17)16-12-7-3-5-9-14(12)18-13-8-4-2-6-11(13)15/h2-9H,15H2,1H3,(H,16,17). The van der Waals surface area contributed by atoms with Crippen LogP contribution < -0.4 is 11.1 Å². The van der Waals surface area contributed by atoms with Gasteiger partial charge in [-0.2, -0.15) is 0 Å². The molecule has 0 saturated carbocycles. The van der Waals surface area contributed by atoms with Gasteiger partial charge in [0.15, 0.2) is 0 Å². The fraction of sp³-hybridized carbons (Fsp3) is 0.0714. The highest BCUT2D eigenvalue weighted by atomic mass is 32.2. The van der Waals surface area contributed by atoms with Crippen molar-refractivity contribution in [3.63, 3.8) is 0 Å². The van der Waals surface area contributed by atoms with Crippen molar-refractivity contribution in [1.82, 2.24) is 0 Å². The van der Waals surface area contributed by atoms with Crippen LogP contribution in [-0.2, 0) is 4.79 Å². The van der Waals surface area contributed by atoms with Crippen LogP contribution in [0, 0.1) is 0 Å². The Bertz CT molecular complexity index is 569. The Morgan fingerprint density at radius 3 is 2.33 bits per heavy atom.